The summed E-state index contributed by atoms with van der Waals surface area (Å²) in [4.78, 5) is 0. The van der Waals surface area contributed by atoms with Gasteiger partial charge in [-0.3, -0.25) is 0 Å². The van der Waals surface area contributed by atoms with Crippen molar-refractivity contribution in [2.75, 3.05) is 13.6 Å². The molecule has 0 radical (unpaired) electrons. The number of sulfonamides is 1. The van der Waals surface area contributed by atoms with E-state index in [2.05, 4.69) is 10.0 Å². The fraction of sp³-hybridized carbons (Fsp3) is 0.500. The van der Waals surface area contributed by atoms with Crippen LogP contribution in [0.1, 0.15) is 12.7 Å². The zero-order valence-corrected chi connectivity index (χ0v) is 9.02. The van der Waals surface area contributed by atoms with Crippen molar-refractivity contribution in [1.29, 1.82) is 0 Å². The quantitative estimate of drug-likeness (QED) is 0.745. The average Bonchev–Trinajstić information content (AvgIpc) is 2.63. The van der Waals surface area contributed by atoms with Gasteiger partial charge in [0.05, 0.1) is 6.54 Å². The minimum atomic E-state index is -3.45. The Hall–Kier alpha value is -0.850. The third-order valence-corrected chi connectivity index (χ3v) is 3.01. The third-order valence-electron chi connectivity index (χ3n) is 1.72. The lowest BCUT2D eigenvalue weighted by molar-refractivity contribution is 0.402. The summed E-state index contributed by atoms with van der Waals surface area (Å²) in [5.41, 5.74) is 0. The number of nitrogens with one attached hydrogen (secondary N) is 2. The highest BCUT2D eigenvalue weighted by molar-refractivity contribution is 7.89. The zero-order chi connectivity index (χ0) is 10.6. The molecule has 2 N–H and O–H groups in total. The van der Waals surface area contributed by atoms with Crippen molar-refractivity contribution in [2.24, 2.45) is 0 Å². The smallest absolute Gasteiger partial charge is 0.273 e. The maximum absolute atomic E-state index is 11.3. The van der Waals surface area contributed by atoms with Crippen LogP contribution in [-0.2, 0) is 16.6 Å². The van der Waals surface area contributed by atoms with Gasteiger partial charge in [0, 0.05) is 0 Å². The molecule has 0 spiro atoms. The molecule has 0 atom stereocenters. The summed E-state index contributed by atoms with van der Waals surface area (Å²) in [6.45, 7) is 3.32. The molecule has 0 aromatic carbocycles. The van der Waals surface area contributed by atoms with Crippen molar-refractivity contribution in [2.45, 2.75) is 18.6 Å². The van der Waals surface area contributed by atoms with Gasteiger partial charge in [0.15, 0.2) is 0 Å². The first-order chi connectivity index (χ1) is 6.60. The van der Waals surface area contributed by atoms with Crippen molar-refractivity contribution in [3.05, 3.63) is 17.9 Å². The van der Waals surface area contributed by atoms with E-state index < -0.39 is 10.0 Å². The molecule has 0 saturated carbocycles. The lowest BCUT2D eigenvalue weighted by Gasteiger charge is -1.98. The van der Waals surface area contributed by atoms with Gasteiger partial charge in [0.2, 0.25) is 5.09 Å². The number of hydrogen-bond acceptors (Lipinski definition) is 4. The van der Waals surface area contributed by atoms with E-state index in [-0.39, 0.29) is 5.09 Å². The highest BCUT2D eigenvalue weighted by Gasteiger charge is 2.15. The van der Waals surface area contributed by atoms with E-state index in [1.165, 1.54) is 13.1 Å². The van der Waals surface area contributed by atoms with Crippen molar-refractivity contribution in [3.8, 4) is 0 Å². The van der Waals surface area contributed by atoms with E-state index in [9.17, 15) is 8.42 Å². The first kappa shape index (κ1) is 11.2. The molecule has 0 saturated heterocycles. The van der Waals surface area contributed by atoms with Crippen LogP contribution in [0.15, 0.2) is 21.6 Å². The van der Waals surface area contributed by atoms with E-state index >= 15 is 0 Å². The molecule has 0 unspecified atom stereocenters. The molecule has 14 heavy (non-hydrogen) atoms. The Balaban J connectivity index is 2.78. The van der Waals surface area contributed by atoms with Gasteiger partial charge >= 0.3 is 0 Å². The first-order valence-electron chi connectivity index (χ1n) is 4.33. The summed E-state index contributed by atoms with van der Waals surface area (Å²) >= 11 is 0. The zero-order valence-electron chi connectivity index (χ0n) is 8.20. The molecule has 0 aliphatic carbocycles. The van der Waals surface area contributed by atoms with Crippen LogP contribution in [0.3, 0.4) is 0 Å². The standard InChI is InChI=1S/C8H14N2O3S/c1-3-10-6-7-4-5-8(13-7)14(11,12)9-2/h4-5,9-10H,3,6H2,1-2H3. The van der Waals surface area contributed by atoms with E-state index in [0.717, 1.165) is 6.54 Å². The van der Waals surface area contributed by atoms with Crippen molar-refractivity contribution < 1.29 is 12.8 Å². The lowest BCUT2D eigenvalue weighted by Crippen LogP contribution is -2.17. The number of rotatable bonds is 5. The first-order valence-corrected chi connectivity index (χ1v) is 5.81. The average molecular weight is 218 g/mol. The van der Waals surface area contributed by atoms with Gasteiger partial charge < -0.3 is 9.73 Å². The largest absolute Gasteiger partial charge is 0.447 e. The minimum absolute atomic E-state index is 0.0482. The van der Waals surface area contributed by atoms with Crippen molar-refractivity contribution in [3.63, 3.8) is 0 Å². The molecule has 80 valence electrons. The van der Waals surface area contributed by atoms with Gasteiger partial charge in [-0.25, -0.2) is 13.1 Å². The monoisotopic (exact) mass is 218 g/mol. The van der Waals surface area contributed by atoms with E-state index in [4.69, 9.17) is 4.42 Å². The van der Waals surface area contributed by atoms with Gasteiger partial charge in [-0.1, -0.05) is 6.92 Å². The second-order valence-electron chi connectivity index (χ2n) is 2.71. The maximum atomic E-state index is 11.3. The van der Waals surface area contributed by atoms with Gasteiger partial charge in [0.25, 0.3) is 10.0 Å². The summed E-state index contributed by atoms with van der Waals surface area (Å²) in [5, 5.41) is 2.99. The van der Waals surface area contributed by atoms with Crippen LogP contribution in [0.25, 0.3) is 0 Å². The highest BCUT2D eigenvalue weighted by atomic mass is 32.2. The Bertz CT molecular complexity index is 383. The number of hydrogen-bond donors (Lipinski definition) is 2. The molecule has 5 nitrogen and oxygen atoms in total. The van der Waals surface area contributed by atoms with Gasteiger partial charge in [-0.05, 0) is 25.7 Å². The van der Waals surface area contributed by atoms with Crippen LogP contribution in [0.4, 0.5) is 0 Å². The minimum Gasteiger partial charge on any atom is -0.447 e. The summed E-state index contributed by atoms with van der Waals surface area (Å²) in [6, 6.07) is 3.09. The third kappa shape index (κ3) is 2.57. The van der Waals surface area contributed by atoms with Gasteiger partial charge in [0.1, 0.15) is 5.76 Å². The molecule has 1 aromatic heterocycles. The summed E-state index contributed by atoms with van der Waals surface area (Å²) in [6.07, 6.45) is 0. The van der Waals surface area contributed by atoms with Crippen LogP contribution >= 0.6 is 0 Å². The summed E-state index contributed by atoms with van der Waals surface area (Å²) in [7, 11) is -2.10. The molecular formula is C8H14N2O3S. The highest BCUT2D eigenvalue weighted by Crippen LogP contribution is 2.12. The lowest BCUT2D eigenvalue weighted by atomic mass is 10.4. The van der Waals surface area contributed by atoms with Crippen LogP contribution in [0.5, 0.6) is 0 Å². The van der Waals surface area contributed by atoms with Crippen LogP contribution in [0.2, 0.25) is 0 Å². The molecule has 1 rings (SSSR count). The predicted octanol–water partition coefficient (Wildman–Crippen LogP) is 0.297. The number of furan rings is 1. The molecular weight excluding hydrogens is 204 g/mol. The van der Waals surface area contributed by atoms with E-state index in [0.29, 0.717) is 12.3 Å². The second kappa shape index (κ2) is 4.59. The molecule has 0 fully saturated rings. The predicted molar refractivity (Wildman–Crippen MR) is 52.3 cm³/mol. The molecule has 0 aliphatic rings. The molecule has 1 heterocycles. The fourth-order valence-corrected chi connectivity index (χ4v) is 1.61. The van der Waals surface area contributed by atoms with Crippen molar-refractivity contribution >= 4 is 10.0 Å². The topological polar surface area (TPSA) is 71.3 Å². The van der Waals surface area contributed by atoms with E-state index in [1.807, 2.05) is 6.92 Å². The SMILES string of the molecule is CCNCc1ccc(S(=O)(=O)NC)o1. The van der Waals surface area contributed by atoms with Crippen LogP contribution in [-0.4, -0.2) is 22.0 Å². The molecule has 0 aliphatic heterocycles. The van der Waals surface area contributed by atoms with Gasteiger partial charge in [-0.2, -0.15) is 0 Å². The fourth-order valence-electron chi connectivity index (χ4n) is 0.946. The maximum Gasteiger partial charge on any atom is 0.273 e. The molecule has 0 amide bonds. The Morgan fingerprint density at radius 1 is 1.43 bits per heavy atom. The van der Waals surface area contributed by atoms with Crippen LogP contribution in [0, 0.1) is 0 Å². The molecule has 1 aromatic rings. The Kier molecular flexibility index (Phi) is 3.68. The van der Waals surface area contributed by atoms with E-state index in [1.54, 1.807) is 6.07 Å². The second-order valence-corrected chi connectivity index (χ2v) is 4.53. The Morgan fingerprint density at radius 2 is 2.14 bits per heavy atom. The summed E-state index contributed by atoms with van der Waals surface area (Å²) < 4.78 is 29.8. The van der Waals surface area contributed by atoms with Crippen molar-refractivity contribution in [1.82, 2.24) is 10.0 Å². The van der Waals surface area contributed by atoms with Crippen LogP contribution < -0.4 is 10.0 Å². The Labute approximate surface area is 83.5 Å². The Morgan fingerprint density at radius 3 is 2.71 bits per heavy atom. The summed E-state index contributed by atoms with van der Waals surface area (Å²) in [5.74, 6) is 0.612. The molecule has 6 heteroatoms. The van der Waals surface area contributed by atoms with Gasteiger partial charge in [-0.15, -0.1) is 0 Å². The normalized spacial score (nSPS) is 11.9. The molecule has 0 bridgehead atoms.